The van der Waals surface area contributed by atoms with Crippen LogP contribution in [0.2, 0.25) is 0 Å². The second kappa shape index (κ2) is 11.2. The largest absolute Gasteiger partial charge is 0.313 e. The van der Waals surface area contributed by atoms with Gasteiger partial charge in [0.15, 0.2) is 0 Å². The van der Waals surface area contributed by atoms with E-state index in [1.165, 1.54) is 26.3 Å². The number of amides is 1. The second-order valence-electron chi connectivity index (χ2n) is 10.9. The summed E-state index contributed by atoms with van der Waals surface area (Å²) in [5, 5.41) is 5.17. The lowest BCUT2D eigenvalue weighted by atomic mass is 9.87. The highest BCUT2D eigenvalue weighted by Gasteiger charge is 2.28. The Kier molecular flexibility index (Phi) is 7.92. The third-order valence-electron chi connectivity index (χ3n) is 7.13. The summed E-state index contributed by atoms with van der Waals surface area (Å²) >= 11 is 3.41. The van der Waals surface area contributed by atoms with Crippen molar-refractivity contribution >= 4 is 56.2 Å². The number of carbonyl (C=O) groups excluding carboxylic acids is 1. The number of rotatable bonds is 5. The summed E-state index contributed by atoms with van der Waals surface area (Å²) in [5.41, 5.74) is 6.70. The fourth-order valence-electron chi connectivity index (χ4n) is 5.02. The second-order valence-corrected chi connectivity index (χ2v) is 13.1. The zero-order valence-corrected chi connectivity index (χ0v) is 24.8. The number of fused-ring (bicyclic) bond motifs is 2. The Labute approximate surface area is 244 Å². The number of nitrogens with zero attached hydrogens (tertiary/aromatic N) is 2. The van der Waals surface area contributed by atoms with Crippen LogP contribution in [0.5, 0.6) is 0 Å². The van der Waals surface area contributed by atoms with Crippen LogP contribution in [-0.4, -0.2) is 22.3 Å². The number of aromatic nitrogens is 1. The number of para-hydroxylation sites is 1. The van der Waals surface area contributed by atoms with E-state index in [0.29, 0.717) is 5.56 Å². The Morgan fingerprint density at radius 2 is 1.67 bits per heavy atom. The third kappa shape index (κ3) is 5.80. The maximum atomic E-state index is 13.4. The number of halogens is 1. The van der Waals surface area contributed by atoms with E-state index in [1.807, 2.05) is 18.2 Å². The van der Waals surface area contributed by atoms with Crippen molar-refractivity contribution in [1.29, 1.82) is 0 Å². The van der Waals surface area contributed by atoms with E-state index in [1.54, 1.807) is 22.7 Å². The summed E-state index contributed by atoms with van der Waals surface area (Å²) in [6.45, 7) is 9.34. The Hall–Kier alpha value is -3.03. The zero-order chi connectivity index (χ0) is 26.3. The molecule has 0 radical (unpaired) electrons. The minimum absolute atomic E-state index is 0. The molecule has 0 atom stereocenters. The van der Waals surface area contributed by atoms with Crippen molar-refractivity contribution in [2.45, 2.75) is 45.7 Å². The van der Waals surface area contributed by atoms with E-state index in [9.17, 15) is 4.79 Å². The first-order chi connectivity index (χ1) is 18.3. The van der Waals surface area contributed by atoms with Gasteiger partial charge in [-0.05, 0) is 52.8 Å². The molecule has 1 N–H and O–H groups in total. The predicted molar refractivity (Wildman–Crippen MR) is 168 cm³/mol. The molecule has 3 aromatic carbocycles. The molecule has 0 saturated carbocycles. The van der Waals surface area contributed by atoms with Gasteiger partial charge in [-0.1, -0.05) is 75.4 Å². The molecule has 3 heterocycles. The van der Waals surface area contributed by atoms with Crippen LogP contribution in [0.15, 0.2) is 78.9 Å². The molecule has 0 unspecified atom stereocenters. The van der Waals surface area contributed by atoms with Gasteiger partial charge in [0.1, 0.15) is 10.0 Å². The standard InChI is InChI=1S/C32H31N3OS2.ClH/c1-32(2,3)23-15-13-22(14-16-23)29(36)34-31-28(30-33-25-11-7-8-12-26(25)37-30)24-17-18-35(20-27(24)38-31)19-21-9-5-4-6-10-21;/h4-16H,17-20H2,1-3H3,(H,34,36);1H. The number of hydrogen-bond donors (Lipinski definition) is 1. The molecule has 0 spiro atoms. The molecular weight excluding hydrogens is 542 g/mol. The number of carbonyl (C=O) groups is 1. The SMILES string of the molecule is CC(C)(C)c1ccc(C(=O)Nc2sc3c(c2-c2nc4ccccc4s2)CCN(Cc2ccccc2)C3)cc1.Cl. The smallest absolute Gasteiger partial charge is 0.256 e. The van der Waals surface area contributed by atoms with Crippen LogP contribution in [0.1, 0.15) is 52.7 Å². The van der Waals surface area contributed by atoms with E-state index < -0.39 is 0 Å². The Morgan fingerprint density at radius 3 is 2.38 bits per heavy atom. The third-order valence-corrected chi connectivity index (χ3v) is 9.32. The lowest BCUT2D eigenvalue weighted by molar-refractivity contribution is 0.102. The summed E-state index contributed by atoms with van der Waals surface area (Å²) in [5.74, 6) is -0.0763. The molecule has 6 rings (SSSR count). The normalized spacial score (nSPS) is 13.6. The molecule has 0 bridgehead atoms. The number of nitrogens with one attached hydrogen (secondary N) is 1. The molecule has 2 aromatic heterocycles. The number of thiazole rings is 1. The van der Waals surface area contributed by atoms with Gasteiger partial charge in [0.05, 0.1) is 10.2 Å². The number of anilines is 1. The van der Waals surface area contributed by atoms with Gasteiger partial charge in [-0.2, -0.15) is 0 Å². The highest BCUT2D eigenvalue weighted by atomic mass is 35.5. The molecule has 5 aromatic rings. The Morgan fingerprint density at radius 1 is 0.949 bits per heavy atom. The summed E-state index contributed by atoms with van der Waals surface area (Å²) in [6.07, 6.45) is 0.945. The fourth-order valence-corrected chi connectivity index (χ4v) is 7.42. The van der Waals surface area contributed by atoms with E-state index in [-0.39, 0.29) is 23.7 Å². The van der Waals surface area contributed by atoms with Crippen LogP contribution in [-0.2, 0) is 24.9 Å². The van der Waals surface area contributed by atoms with E-state index >= 15 is 0 Å². The average molecular weight is 574 g/mol. The topological polar surface area (TPSA) is 45.2 Å². The van der Waals surface area contributed by atoms with Crippen LogP contribution in [0.25, 0.3) is 20.8 Å². The predicted octanol–water partition coefficient (Wildman–Crippen LogP) is 8.55. The summed E-state index contributed by atoms with van der Waals surface area (Å²) in [7, 11) is 0. The number of benzene rings is 3. The van der Waals surface area contributed by atoms with Gasteiger partial charge in [0, 0.05) is 35.6 Å². The van der Waals surface area contributed by atoms with Gasteiger partial charge in [0.25, 0.3) is 5.91 Å². The minimum atomic E-state index is -0.0763. The van der Waals surface area contributed by atoms with Crippen LogP contribution in [0, 0.1) is 0 Å². The lowest BCUT2D eigenvalue weighted by Gasteiger charge is -2.27. The first-order valence-corrected chi connectivity index (χ1v) is 14.7. The molecule has 0 aliphatic carbocycles. The molecule has 0 fully saturated rings. The highest BCUT2D eigenvalue weighted by Crippen LogP contribution is 2.46. The summed E-state index contributed by atoms with van der Waals surface area (Å²) < 4.78 is 1.17. The van der Waals surface area contributed by atoms with Crippen molar-refractivity contribution in [3.8, 4) is 10.6 Å². The van der Waals surface area contributed by atoms with Crippen LogP contribution < -0.4 is 5.32 Å². The molecule has 7 heteroatoms. The number of hydrogen-bond acceptors (Lipinski definition) is 5. The van der Waals surface area contributed by atoms with E-state index in [0.717, 1.165) is 47.1 Å². The van der Waals surface area contributed by atoms with Crippen molar-refractivity contribution in [3.05, 3.63) is 106 Å². The van der Waals surface area contributed by atoms with Gasteiger partial charge < -0.3 is 5.32 Å². The maximum absolute atomic E-state index is 13.4. The molecule has 39 heavy (non-hydrogen) atoms. The molecular formula is C32H32ClN3OS2. The van der Waals surface area contributed by atoms with Gasteiger partial charge in [0.2, 0.25) is 0 Å². The fraction of sp³-hybridized carbons (Fsp3) is 0.250. The highest BCUT2D eigenvalue weighted by molar-refractivity contribution is 7.23. The van der Waals surface area contributed by atoms with Crippen LogP contribution in [0.3, 0.4) is 0 Å². The molecule has 1 amide bonds. The zero-order valence-electron chi connectivity index (χ0n) is 22.4. The molecule has 4 nitrogen and oxygen atoms in total. The van der Waals surface area contributed by atoms with Crippen molar-refractivity contribution in [2.75, 3.05) is 11.9 Å². The van der Waals surface area contributed by atoms with E-state index in [4.69, 9.17) is 4.98 Å². The molecule has 1 aliphatic rings. The van der Waals surface area contributed by atoms with Crippen molar-refractivity contribution in [3.63, 3.8) is 0 Å². The molecule has 0 saturated heterocycles. The molecule has 1 aliphatic heterocycles. The van der Waals surface area contributed by atoms with Crippen molar-refractivity contribution in [2.24, 2.45) is 0 Å². The number of thiophene rings is 1. The average Bonchev–Trinajstić information content (AvgIpc) is 3.49. The Bertz CT molecular complexity index is 1570. The van der Waals surface area contributed by atoms with Crippen LogP contribution >= 0.6 is 35.1 Å². The first-order valence-electron chi connectivity index (χ1n) is 13.0. The quantitative estimate of drug-likeness (QED) is 0.229. The monoisotopic (exact) mass is 573 g/mol. The summed E-state index contributed by atoms with van der Waals surface area (Å²) in [6, 6.07) is 26.9. The maximum Gasteiger partial charge on any atom is 0.256 e. The van der Waals surface area contributed by atoms with Crippen LogP contribution in [0.4, 0.5) is 5.00 Å². The van der Waals surface area contributed by atoms with Gasteiger partial charge in [-0.25, -0.2) is 4.98 Å². The van der Waals surface area contributed by atoms with Crippen molar-refractivity contribution in [1.82, 2.24) is 9.88 Å². The van der Waals surface area contributed by atoms with Crippen molar-refractivity contribution < 1.29 is 4.79 Å². The summed E-state index contributed by atoms with van der Waals surface area (Å²) in [4.78, 5) is 22.2. The van der Waals surface area contributed by atoms with Gasteiger partial charge in [-0.15, -0.1) is 35.1 Å². The lowest BCUT2D eigenvalue weighted by Crippen LogP contribution is -2.29. The minimum Gasteiger partial charge on any atom is -0.313 e. The van der Waals surface area contributed by atoms with Gasteiger partial charge in [-0.3, -0.25) is 9.69 Å². The Balaban J connectivity index is 0.00000308. The first kappa shape index (κ1) is 27.5. The van der Waals surface area contributed by atoms with Gasteiger partial charge >= 0.3 is 0 Å². The molecule has 200 valence electrons. The van der Waals surface area contributed by atoms with E-state index in [2.05, 4.69) is 91.7 Å².